The van der Waals surface area contributed by atoms with Gasteiger partial charge in [0, 0.05) is 35.3 Å². The third-order valence-electron chi connectivity index (χ3n) is 3.79. The zero-order valence-electron chi connectivity index (χ0n) is 11.2. The Labute approximate surface area is 122 Å². The van der Waals surface area contributed by atoms with Crippen molar-refractivity contribution < 1.29 is 9.90 Å². The average molecular weight is 327 g/mol. The van der Waals surface area contributed by atoms with Crippen LogP contribution in [0.3, 0.4) is 0 Å². The molecule has 2 unspecified atom stereocenters. The first-order valence-electron chi connectivity index (χ1n) is 6.41. The van der Waals surface area contributed by atoms with E-state index in [0.717, 1.165) is 23.2 Å². The van der Waals surface area contributed by atoms with E-state index >= 15 is 0 Å². The molecule has 0 amide bonds. The molecule has 104 valence electrons. The molecule has 1 fully saturated rings. The van der Waals surface area contributed by atoms with Crippen molar-refractivity contribution in [1.29, 1.82) is 0 Å². The highest BCUT2D eigenvalue weighted by Gasteiger charge is 2.30. The van der Waals surface area contributed by atoms with Crippen molar-refractivity contribution in [2.75, 3.05) is 25.0 Å². The van der Waals surface area contributed by atoms with E-state index in [1.54, 1.807) is 0 Å². The molecule has 0 bridgehead atoms. The summed E-state index contributed by atoms with van der Waals surface area (Å²) in [6.07, 6.45) is 0.188. The maximum atomic E-state index is 11.0. The Hall–Kier alpha value is -1.07. The van der Waals surface area contributed by atoms with Crippen LogP contribution in [0.5, 0.6) is 0 Å². The molecule has 19 heavy (non-hydrogen) atoms. The van der Waals surface area contributed by atoms with E-state index in [1.807, 2.05) is 19.2 Å². The number of nitrogens with zero attached hydrogens (tertiary/aromatic N) is 2. The van der Waals surface area contributed by atoms with Gasteiger partial charge in [-0.25, -0.2) is 0 Å². The van der Waals surface area contributed by atoms with Gasteiger partial charge in [0.1, 0.15) is 0 Å². The topological polar surface area (TPSA) is 43.8 Å². The quantitative estimate of drug-likeness (QED) is 0.926. The van der Waals surface area contributed by atoms with Crippen LogP contribution in [0, 0.1) is 0 Å². The smallest absolute Gasteiger partial charge is 0.305 e. The zero-order valence-corrected chi connectivity index (χ0v) is 12.8. The second kappa shape index (κ2) is 5.92. The lowest BCUT2D eigenvalue weighted by Crippen LogP contribution is -2.56. The average Bonchev–Trinajstić information content (AvgIpc) is 2.35. The second-order valence-corrected chi connectivity index (χ2v) is 6.06. The highest BCUT2D eigenvalue weighted by molar-refractivity contribution is 9.10. The van der Waals surface area contributed by atoms with Gasteiger partial charge in [0.15, 0.2) is 0 Å². The second-order valence-electron chi connectivity index (χ2n) is 5.15. The van der Waals surface area contributed by atoms with E-state index in [-0.39, 0.29) is 12.5 Å². The van der Waals surface area contributed by atoms with E-state index < -0.39 is 5.97 Å². The van der Waals surface area contributed by atoms with Crippen molar-refractivity contribution in [2.24, 2.45) is 0 Å². The molecule has 1 aromatic carbocycles. The number of carboxylic acids is 1. The van der Waals surface area contributed by atoms with Crippen molar-refractivity contribution in [3.05, 3.63) is 28.7 Å². The Morgan fingerprint density at radius 2 is 2.00 bits per heavy atom. The first-order chi connectivity index (χ1) is 8.97. The lowest BCUT2D eigenvalue weighted by molar-refractivity contribution is -0.138. The Balaban J connectivity index is 2.14. The molecule has 0 saturated carbocycles. The fourth-order valence-corrected chi connectivity index (χ4v) is 2.80. The van der Waals surface area contributed by atoms with E-state index in [1.165, 1.54) is 0 Å². The molecular weight excluding hydrogens is 308 g/mol. The van der Waals surface area contributed by atoms with Gasteiger partial charge < -0.3 is 10.0 Å². The third-order valence-corrected chi connectivity index (χ3v) is 4.32. The van der Waals surface area contributed by atoms with E-state index in [9.17, 15) is 4.79 Å². The van der Waals surface area contributed by atoms with Crippen LogP contribution >= 0.6 is 15.9 Å². The summed E-state index contributed by atoms with van der Waals surface area (Å²) in [5, 5.41) is 9.01. The fourth-order valence-electron chi connectivity index (χ4n) is 2.54. The minimum Gasteiger partial charge on any atom is -0.481 e. The molecule has 0 aliphatic carbocycles. The molecule has 1 aliphatic heterocycles. The Bertz CT molecular complexity index is 449. The van der Waals surface area contributed by atoms with Crippen LogP contribution in [-0.4, -0.2) is 48.2 Å². The van der Waals surface area contributed by atoms with Crippen molar-refractivity contribution in [1.82, 2.24) is 4.90 Å². The lowest BCUT2D eigenvalue weighted by atomic mass is 10.0. The van der Waals surface area contributed by atoms with Gasteiger partial charge in [0.2, 0.25) is 0 Å². The van der Waals surface area contributed by atoms with Crippen molar-refractivity contribution in [3.8, 4) is 0 Å². The molecule has 0 spiro atoms. The first-order valence-corrected chi connectivity index (χ1v) is 7.21. The van der Waals surface area contributed by atoms with Gasteiger partial charge in [-0.1, -0.05) is 15.9 Å². The number of halogens is 1. The molecule has 2 rings (SSSR count). The third kappa shape index (κ3) is 3.48. The van der Waals surface area contributed by atoms with Gasteiger partial charge in [-0.15, -0.1) is 0 Å². The molecule has 1 saturated heterocycles. The lowest BCUT2D eigenvalue weighted by Gasteiger charge is -2.44. The van der Waals surface area contributed by atoms with E-state index in [0.29, 0.717) is 6.04 Å². The van der Waals surface area contributed by atoms with Gasteiger partial charge in [0.05, 0.1) is 6.42 Å². The van der Waals surface area contributed by atoms with Crippen LogP contribution in [0.1, 0.15) is 13.3 Å². The monoisotopic (exact) mass is 326 g/mol. The number of hydrogen-bond donors (Lipinski definition) is 1. The van der Waals surface area contributed by atoms with Crippen molar-refractivity contribution >= 4 is 27.6 Å². The fraction of sp³-hybridized carbons (Fsp3) is 0.500. The van der Waals surface area contributed by atoms with E-state index in [4.69, 9.17) is 5.11 Å². The number of likely N-dealkylation sites (N-methyl/N-ethyl adjacent to an activating group) is 1. The number of benzene rings is 1. The summed E-state index contributed by atoms with van der Waals surface area (Å²) in [6.45, 7) is 3.82. The summed E-state index contributed by atoms with van der Waals surface area (Å²) in [6, 6.07) is 8.58. The number of carbonyl (C=O) groups is 1. The molecule has 1 heterocycles. The number of piperazine rings is 1. The SMILES string of the molecule is CC1CN(c2ccc(Br)cc2)CC(CC(=O)O)N1C. The maximum absolute atomic E-state index is 11.0. The minimum atomic E-state index is -0.735. The molecule has 4 nitrogen and oxygen atoms in total. The summed E-state index contributed by atoms with van der Waals surface area (Å²) in [4.78, 5) is 15.4. The normalized spacial score (nSPS) is 24.5. The number of rotatable bonds is 3. The van der Waals surface area contributed by atoms with Crippen LogP contribution in [0.15, 0.2) is 28.7 Å². The molecule has 0 aromatic heterocycles. The maximum Gasteiger partial charge on any atom is 0.305 e. The molecule has 5 heteroatoms. The van der Waals surface area contributed by atoms with Crippen LogP contribution < -0.4 is 4.90 Å². The summed E-state index contributed by atoms with van der Waals surface area (Å²) < 4.78 is 1.06. The van der Waals surface area contributed by atoms with Gasteiger partial charge >= 0.3 is 5.97 Å². The predicted octanol–water partition coefficient (Wildman–Crippen LogP) is 2.43. The largest absolute Gasteiger partial charge is 0.481 e. The number of aliphatic carboxylic acids is 1. The number of hydrogen-bond acceptors (Lipinski definition) is 3. The van der Waals surface area contributed by atoms with Gasteiger partial charge in [0.25, 0.3) is 0 Å². The summed E-state index contributed by atoms with van der Waals surface area (Å²) >= 11 is 3.43. The highest BCUT2D eigenvalue weighted by atomic mass is 79.9. The van der Waals surface area contributed by atoms with Gasteiger partial charge in [-0.3, -0.25) is 9.69 Å². The molecule has 0 radical (unpaired) electrons. The zero-order chi connectivity index (χ0) is 14.0. The van der Waals surface area contributed by atoms with Crippen LogP contribution in [0.25, 0.3) is 0 Å². The molecular formula is C14H19BrN2O2. The van der Waals surface area contributed by atoms with Crippen molar-refractivity contribution in [3.63, 3.8) is 0 Å². The van der Waals surface area contributed by atoms with Crippen LogP contribution in [0.4, 0.5) is 5.69 Å². The standard InChI is InChI=1S/C14H19BrN2O2/c1-10-8-17(12-5-3-11(15)4-6-12)9-13(16(10)2)7-14(18)19/h3-6,10,13H,7-9H2,1-2H3,(H,18,19). The number of anilines is 1. The molecule has 1 aliphatic rings. The Morgan fingerprint density at radius 1 is 1.37 bits per heavy atom. The predicted molar refractivity (Wildman–Crippen MR) is 79.6 cm³/mol. The van der Waals surface area contributed by atoms with Crippen LogP contribution in [-0.2, 0) is 4.79 Å². The van der Waals surface area contributed by atoms with Crippen LogP contribution in [0.2, 0.25) is 0 Å². The van der Waals surface area contributed by atoms with Crippen molar-refractivity contribution in [2.45, 2.75) is 25.4 Å². The molecule has 1 aromatic rings. The summed E-state index contributed by atoms with van der Waals surface area (Å²) in [5.41, 5.74) is 1.15. The number of carboxylic acid groups (broad SMARTS) is 1. The van der Waals surface area contributed by atoms with E-state index in [2.05, 4.69) is 44.8 Å². The summed E-state index contributed by atoms with van der Waals surface area (Å²) in [5.74, 6) is -0.735. The highest BCUT2D eigenvalue weighted by Crippen LogP contribution is 2.24. The summed E-state index contributed by atoms with van der Waals surface area (Å²) in [7, 11) is 2.01. The van der Waals surface area contributed by atoms with Gasteiger partial charge in [-0.05, 0) is 38.2 Å². The Morgan fingerprint density at radius 3 is 2.58 bits per heavy atom. The first kappa shape index (κ1) is 14.3. The van der Waals surface area contributed by atoms with Gasteiger partial charge in [-0.2, -0.15) is 0 Å². The molecule has 2 atom stereocenters. The molecule has 1 N–H and O–H groups in total. The Kier molecular flexibility index (Phi) is 4.47. The minimum absolute atomic E-state index is 0.0601.